The van der Waals surface area contributed by atoms with Crippen LogP contribution in [0.5, 0.6) is 0 Å². The van der Waals surface area contributed by atoms with Gasteiger partial charge in [-0.1, -0.05) is 53.5 Å². The number of nitrogens with zero attached hydrogens (tertiary/aromatic N) is 1. The Morgan fingerprint density at radius 2 is 1.65 bits per heavy atom. The fourth-order valence-corrected chi connectivity index (χ4v) is 3.91. The molecule has 1 amide bonds. The molecule has 1 aromatic heterocycles. The Kier molecular flexibility index (Phi) is 6.04. The van der Waals surface area contributed by atoms with Crippen LogP contribution in [-0.4, -0.2) is 5.91 Å². The molecule has 0 spiro atoms. The number of halogens is 2. The number of anilines is 1. The molecule has 4 nitrogen and oxygen atoms in total. The van der Waals surface area contributed by atoms with Gasteiger partial charge < -0.3 is 10.5 Å². The van der Waals surface area contributed by atoms with Gasteiger partial charge in [0.15, 0.2) is 6.20 Å². The molecule has 0 unspecified atom stereocenters. The summed E-state index contributed by atoms with van der Waals surface area (Å²) < 4.78 is 0.740. The van der Waals surface area contributed by atoms with Crippen molar-refractivity contribution in [3.05, 3.63) is 93.7 Å². The molecule has 0 aliphatic carbocycles. The molecule has 1 atom stereocenters. The zero-order chi connectivity index (χ0) is 18.5. The molecule has 0 aliphatic heterocycles. The molecule has 1 N–H and O–H groups in total. The van der Waals surface area contributed by atoms with Crippen molar-refractivity contribution in [2.45, 2.75) is 10.3 Å². The van der Waals surface area contributed by atoms with E-state index in [1.54, 1.807) is 36.4 Å². The van der Waals surface area contributed by atoms with Crippen molar-refractivity contribution in [2.75, 3.05) is 5.32 Å². The molecule has 3 rings (SSSR count). The van der Waals surface area contributed by atoms with Crippen molar-refractivity contribution in [1.82, 2.24) is 0 Å². The first kappa shape index (κ1) is 18.6. The molecule has 0 aliphatic rings. The van der Waals surface area contributed by atoms with E-state index in [0.29, 0.717) is 20.8 Å². The Hall–Kier alpha value is -2.21. The molecule has 26 heavy (non-hydrogen) atoms. The van der Waals surface area contributed by atoms with E-state index in [1.165, 1.54) is 18.0 Å². The Morgan fingerprint density at radius 3 is 2.31 bits per heavy atom. The van der Waals surface area contributed by atoms with Crippen LogP contribution in [0.25, 0.3) is 0 Å². The summed E-state index contributed by atoms with van der Waals surface area (Å²) >= 11 is 13.2. The van der Waals surface area contributed by atoms with Crippen molar-refractivity contribution in [3.8, 4) is 0 Å². The number of carbonyl (C=O) groups excluding carboxylic acids is 1. The molecule has 0 radical (unpaired) electrons. The number of aromatic nitrogens is 1. The monoisotopic (exact) mass is 404 g/mol. The van der Waals surface area contributed by atoms with Crippen molar-refractivity contribution in [1.29, 1.82) is 0 Å². The largest absolute Gasteiger partial charge is 0.618 e. The van der Waals surface area contributed by atoms with Gasteiger partial charge in [0.1, 0.15) is 5.25 Å². The van der Waals surface area contributed by atoms with E-state index in [2.05, 4.69) is 5.32 Å². The number of benzene rings is 2. The topological polar surface area (TPSA) is 56.0 Å². The number of hydrogen-bond donors (Lipinski definition) is 1. The molecule has 0 bridgehead atoms. The third kappa shape index (κ3) is 4.69. The van der Waals surface area contributed by atoms with Gasteiger partial charge in [-0.15, -0.1) is 0 Å². The third-order valence-electron chi connectivity index (χ3n) is 3.50. The molecule has 1 heterocycles. The zero-order valence-corrected chi connectivity index (χ0v) is 15.8. The van der Waals surface area contributed by atoms with Gasteiger partial charge in [-0.2, -0.15) is 4.73 Å². The molecular formula is C19H14Cl2N2O2S. The van der Waals surface area contributed by atoms with Crippen LogP contribution < -0.4 is 10.0 Å². The van der Waals surface area contributed by atoms with E-state index < -0.39 is 5.25 Å². The summed E-state index contributed by atoms with van der Waals surface area (Å²) in [6.07, 6.45) is 1.40. The number of pyridine rings is 1. The minimum absolute atomic E-state index is 0.275. The molecule has 2 aromatic carbocycles. The normalized spacial score (nSPS) is 11.8. The van der Waals surface area contributed by atoms with Crippen LogP contribution in [0.2, 0.25) is 10.0 Å². The smallest absolute Gasteiger partial charge is 0.252 e. The molecule has 0 saturated heterocycles. The maximum atomic E-state index is 12.9. The van der Waals surface area contributed by atoms with E-state index in [1.807, 2.05) is 30.3 Å². The first-order chi connectivity index (χ1) is 12.5. The van der Waals surface area contributed by atoms with E-state index in [9.17, 15) is 10.0 Å². The summed E-state index contributed by atoms with van der Waals surface area (Å²) in [5.74, 6) is -0.275. The number of carbonyl (C=O) groups is 1. The SMILES string of the molecule is O=C(Nc1cc(Cl)cc(Cl)c1)[C@H](Sc1cccc[n+]1[O-])c1ccccc1. The van der Waals surface area contributed by atoms with Gasteiger partial charge in [0, 0.05) is 27.9 Å². The lowest BCUT2D eigenvalue weighted by Crippen LogP contribution is -2.29. The second kappa shape index (κ2) is 8.45. The Morgan fingerprint density at radius 1 is 1.00 bits per heavy atom. The predicted molar refractivity (Wildman–Crippen MR) is 106 cm³/mol. The highest BCUT2D eigenvalue weighted by Crippen LogP contribution is 2.35. The predicted octanol–water partition coefficient (Wildman–Crippen LogP) is 5.10. The van der Waals surface area contributed by atoms with Crippen LogP contribution in [0, 0.1) is 5.21 Å². The zero-order valence-electron chi connectivity index (χ0n) is 13.4. The van der Waals surface area contributed by atoms with Gasteiger partial charge in [0.05, 0.1) is 0 Å². The highest BCUT2D eigenvalue weighted by molar-refractivity contribution is 8.00. The van der Waals surface area contributed by atoms with Crippen molar-refractivity contribution in [3.63, 3.8) is 0 Å². The number of nitrogens with one attached hydrogen (secondary N) is 1. The van der Waals surface area contributed by atoms with Gasteiger partial charge in [0.2, 0.25) is 5.91 Å². The maximum Gasteiger partial charge on any atom is 0.252 e. The molecule has 132 valence electrons. The second-order valence-electron chi connectivity index (χ2n) is 5.42. The van der Waals surface area contributed by atoms with Crippen LogP contribution in [0.4, 0.5) is 5.69 Å². The number of thioether (sulfide) groups is 1. The van der Waals surface area contributed by atoms with Crippen LogP contribution >= 0.6 is 35.0 Å². The highest BCUT2D eigenvalue weighted by atomic mass is 35.5. The second-order valence-corrected chi connectivity index (χ2v) is 7.42. The molecule has 0 fully saturated rings. The van der Waals surface area contributed by atoms with Crippen molar-refractivity contribution < 1.29 is 9.52 Å². The first-order valence-electron chi connectivity index (χ1n) is 7.70. The summed E-state index contributed by atoms with van der Waals surface area (Å²) in [5, 5.41) is 15.5. The lowest BCUT2D eigenvalue weighted by Gasteiger charge is -2.16. The summed E-state index contributed by atoms with van der Waals surface area (Å²) in [4.78, 5) is 12.9. The maximum absolute atomic E-state index is 12.9. The number of hydrogen-bond acceptors (Lipinski definition) is 3. The Bertz CT molecular complexity index is 902. The fraction of sp³-hybridized carbons (Fsp3) is 0.0526. The van der Waals surface area contributed by atoms with Gasteiger partial charge in [-0.25, -0.2) is 0 Å². The molecule has 7 heteroatoms. The average Bonchev–Trinajstić information content (AvgIpc) is 2.60. The lowest BCUT2D eigenvalue weighted by atomic mass is 10.1. The van der Waals surface area contributed by atoms with E-state index >= 15 is 0 Å². The summed E-state index contributed by atoms with van der Waals surface area (Å²) in [6, 6.07) is 19.2. The van der Waals surface area contributed by atoms with Gasteiger partial charge in [-0.3, -0.25) is 4.79 Å². The summed E-state index contributed by atoms with van der Waals surface area (Å²) in [5.41, 5.74) is 1.28. The van der Waals surface area contributed by atoms with E-state index in [4.69, 9.17) is 23.2 Å². The summed E-state index contributed by atoms with van der Waals surface area (Å²) in [7, 11) is 0. The first-order valence-corrected chi connectivity index (χ1v) is 9.33. The molecular weight excluding hydrogens is 391 g/mol. The summed E-state index contributed by atoms with van der Waals surface area (Å²) in [6.45, 7) is 0. The standard InChI is InChI=1S/C19H14Cl2N2O2S/c20-14-10-15(21)12-16(11-14)22-19(24)18(13-6-2-1-3-7-13)26-17-8-4-5-9-23(17)25/h1-12,18H,(H,22,24)/t18-/m1/s1. The van der Waals surface area contributed by atoms with Crippen molar-refractivity contribution >= 4 is 46.6 Å². The lowest BCUT2D eigenvalue weighted by molar-refractivity contribution is -0.645. The molecule has 3 aromatic rings. The van der Waals surface area contributed by atoms with E-state index in [0.717, 1.165) is 10.3 Å². The van der Waals surface area contributed by atoms with Crippen LogP contribution in [0.15, 0.2) is 78.0 Å². The van der Waals surface area contributed by atoms with Gasteiger partial charge in [0.25, 0.3) is 5.03 Å². The third-order valence-corrected chi connectivity index (χ3v) is 5.21. The minimum Gasteiger partial charge on any atom is -0.618 e. The van der Waals surface area contributed by atoms with Gasteiger partial charge in [-0.05, 0) is 41.6 Å². The van der Waals surface area contributed by atoms with Crippen LogP contribution in [0.3, 0.4) is 0 Å². The average molecular weight is 405 g/mol. The quantitative estimate of drug-likeness (QED) is 0.365. The highest BCUT2D eigenvalue weighted by Gasteiger charge is 2.25. The van der Waals surface area contributed by atoms with E-state index in [-0.39, 0.29) is 5.91 Å². The van der Waals surface area contributed by atoms with Crippen LogP contribution in [0.1, 0.15) is 10.8 Å². The van der Waals surface area contributed by atoms with Gasteiger partial charge >= 0.3 is 0 Å². The fourth-order valence-electron chi connectivity index (χ4n) is 2.36. The van der Waals surface area contributed by atoms with Crippen LogP contribution in [-0.2, 0) is 4.79 Å². The Labute approximate surface area is 165 Å². The molecule has 0 saturated carbocycles. The number of amides is 1. The number of rotatable bonds is 5. The Balaban J connectivity index is 1.90. The van der Waals surface area contributed by atoms with Crippen molar-refractivity contribution in [2.24, 2.45) is 0 Å². The minimum atomic E-state index is -0.614.